The minimum Gasteiger partial charge on any atom is -0.440 e. The summed E-state index contributed by atoms with van der Waals surface area (Å²) in [5.41, 5.74) is 8.21. The van der Waals surface area contributed by atoms with Crippen molar-refractivity contribution in [1.29, 1.82) is 0 Å². The molecule has 0 spiro atoms. The highest BCUT2D eigenvalue weighted by atomic mass is 16.6. The lowest BCUT2D eigenvalue weighted by molar-refractivity contribution is -0.118. The molecule has 0 saturated carbocycles. The summed E-state index contributed by atoms with van der Waals surface area (Å²) in [5.74, 6) is -0.535. The number of anilines is 1. The molecule has 2 atom stereocenters. The summed E-state index contributed by atoms with van der Waals surface area (Å²) in [6, 6.07) is 3.51. The van der Waals surface area contributed by atoms with E-state index < -0.39 is 12.2 Å². The van der Waals surface area contributed by atoms with E-state index in [1.807, 2.05) is 0 Å². The zero-order valence-electron chi connectivity index (χ0n) is 15.4. The number of nitrogens with zero attached hydrogens (tertiary/aromatic N) is 2. The number of nitrogens with two attached hydrogens (primary N) is 1. The minimum absolute atomic E-state index is 0.188. The number of aryl methyl sites for hydroxylation is 1. The van der Waals surface area contributed by atoms with E-state index in [0.717, 1.165) is 5.56 Å². The van der Waals surface area contributed by atoms with Gasteiger partial charge in [-0.15, -0.1) is 13.2 Å². The standard InChI is InChI=1S/C19H23N5O3/c1-5-7-15(27-19(20)26)14-10-13(8-9-21-14)17-16(12(4)23-24-17)22-18(25)11(3)6-2/h5-6,8-11,15H,1-2,7H2,3-4H3,(H2,20,26)(H,22,25)(H,23,24)/t11-,15+/m1/s1. The lowest BCUT2D eigenvalue weighted by atomic mass is 10.1. The zero-order chi connectivity index (χ0) is 20.0. The molecule has 0 unspecified atom stereocenters. The Kier molecular flexibility index (Phi) is 6.48. The van der Waals surface area contributed by atoms with Gasteiger partial charge >= 0.3 is 6.09 Å². The van der Waals surface area contributed by atoms with Gasteiger partial charge in [-0.2, -0.15) is 5.10 Å². The first-order valence-electron chi connectivity index (χ1n) is 8.39. The van der Waals surface area contributed by atoms with Crippen LogP contribution in [0.25, 0.3) is 11.3 Å². The van der Waals surface area contributed by atoms with E-state index in [4.69, 9.17) is 10.5 Å². The number of ether oxygens (including phenoxy) is 1. The first-order valence-corrected chi connectivity index (χ1v) is 8.39. The average molecular weight is 369 g/mol. The molecule has 0 fully saturated rings. The molecule has 27 heavy (non-hydrogen) atoms. The summed E-state index contributed by atoms with van der Waals surface area (Å²) in [6.07, 6.45) is 3.59. The van der Waals surface area contributed by atoms with Crippen LogP contribution in [0, 0.1) is 12.8 Å². The minimum atomic E-state index is -0.891. The van der Waals surface area contributed by atoms with Gasteiger partial charge in [0.2, 0.25) is 5.91 Å². The highest BCUT2D eigenvalue weighted by molar-refractivity contribution is 5.97. The SMILES string of the molecule is C=CC[C@H](OC(N)=O)c1cc(-c2[nH]nc(C)c2NC(=O)[C@H](C)C=C)ccn1. The second-order valence-electron chi connectivity index (χ2n) is 5.99. The highest BCUT2D eigenvalue weighted by Crippen LogP contribution is 2.31. The van der Waals surface area contributed by atoms with Crippen LogP contribution in [0.5, 0.6) is 0 Å². The fourth-order valence-corrected chi connectivity index (χ4v) is 2.44. The molecule has 142 valence electrons. The molecule has 8 nitrogen and oxygen atoms in total. The van der Waals surface area contributed by atoms with Crippen molar-refractivity contribution >= 4 is 17.7 Å². The fraction of sp³-hybridized carbons (Fsp3) is 0.263. The molecule has 0 bridgehead atoms. The van der Waals surface area contributed by atoms with Crippen molar-refractivity contribution in [2.45, 2.75) is 26.4 Å². The number of carbonyl (C=O) groups excluding carboxylic acids is 2. The third-order valence-corrected chi connectivity index (χ3v) is 4.00. The lowest BCUT2D eigenvalue weighted by Crippen LogP contribution is -2.19. The molecular weight excluding hydrogens is 346 g/mol. The lowest BCUT2D eigenvalue weighted by Gasteiger charge is -2.15. The van der Waals surface area contributed by atoms with Gasteiger partial charge in [-0.1, -0.05) is 19.1 Å². The van der Waals surface area contributed by atoms with Gasteiger partial charge in [0.1, 0.15) is 6.10 Å². The number of hydrogen-bond donors (Lipinski definition) is 3. The van der Waals surface area contributed by atoms with Gasteiger partial charge in [0.05, 0.1) is 28.7 Å². The number of nitrogens with one attached hydrogen (secondary N) is 2. The van der Waals surface area contributed by atoms with Gasteiger partial charge in [0, 0.05) is 18.2 Å². The number of H-pyrrole nitrogens is 1. The molecule has 2 aromatic heterocycles. The van der Waals surface area contributed by atoms with Crippen LogP contribution < -0.4 is 11.1 Å². The Morgan fingerprint density at radius 1 is 1.44 bits per heavy atom. The summed E-state index contributed by atoms with van der Waals surface area (Å²) >= 11 is 0. The number of amides is 2. The molecule has 0 aromatic carbocycles. The average Bonchev–Trinajstić information content (AvgIpc) is 3.01. The van der Waals surface area contributed by atoms with E-state index >= 15 is 0 Å². The van der Waals surface area contributed by atoms with Crippen LogP contribution in [-0.4, -0.2) is 27.2 Å². The molecule has 4 N–H and O–H groups in total. The van der Waals surface area contributed by atoms with E-state index in [9.17, 15) is 9.59 Å². The van der Waals surface area contributed by atoms with E-state index in [1.165, 1.54) is 0 Å². The summed E-state index contributed by atoms with van der Waals surface area (Å²) in [5, 5.41) is 9.97. The van der Waals surface area contributed by atoms with Crippen molar-refractivity contribution in [3.63, 3.8) is 0 Å². The predicted molar refractivity (Wildman–Crippen MR) is 103 cm³/mol. The topological polar surface area (TPSA) is 123 Å². The van der Waals surface area contributed by atoms with Gasteiger partial charge in [-0.25, -0.2) is 4.79 Å². The smallest absolute Gasteiger partial charge is 0.405 e. The number of carbonyl (C=O) groups is 2. The van der Waals surface area contributed by atoms with Crippen LogP contribution in [0.4, 0.5) is 10.5 Å². The fourth-order valence-electron chi connectivity index (χ4n) is 2.44. The maximum Gasteiger partial charge on any atom is 0.405 e. The molecule has 2 rings (SSSR count). The Morgan fingerprint density at radius 3 is 2.81 bits per heavy atom. The Hall–Kier alpha value is -3.42. The van der Waals surface area contributed by atoms with Gasteiger partial charge in [0.25, 0.3) is 0 Å². The van der Waals surface area contributed by atoms with E-state index in [2.05, 4.69) is 33.7 Å². The Balaban J connectivity index is 2.39. The third kappa shape index (κ3) is 4.81. The molecule has 0 aliphatic heterocycles. The largest absolute Gasteiger partial charge is 0.440 e. The van der Waals surface area contributed by atoms with Crippen molar-refractivity contribution in [1.82, 2.24) is 15.2 Å². The number of aromatic nitrogens is 3. The predicted octanol–water partition coefficient (Wildman–Crippen LogP) is 3.25. The molecule has 0 aliphatic rings. The van der Waals surface area contributed by atoms with Crippen molar-refractivity contribution in [3.05, 3.63) is 55.0 Å². The maximum atomic E-state index is 12.2. The normalized spacial score (nSPS) is 12.7. The van der Waals surface area contributed by atoms with E-state index in [0.29, 0.717) is 29.2 Å². The summed E-state index contributed by atoms with van der Waals surface area (Å²) < 4.78 is 5.11. The summed E-state index contributed by atoms with van der Waals surface area (Å²) in [4.78, 5) is 27.7. The van der Waals surface area contributed by atoms with Gasteiger partial charge in [-0.3, -0.25) is 14.9 Å². The van der Waals surface area contributed by atoms with Crippen LogP contribution in [0.3, 0.4) is 0 Å². The summed E-state index contributed by atoms with van der Waals surface area (Å²) in [6.45, 7) is 10.8. The quantitative estimate of drug-likeness (QED) is 0.616. The van der Waals surface area contributed by atoms with Gasteiger partial charge < -0.3 is 15.8 Å². The van der Waals surface area contributed by atoms with Crippen LogP contribution in [0.2, 0.25) is 0 Å². The number of primary amides is 1. The number of pyridine rings is 1. The third-order valence-electron chi connectivity index (χ3n) is 4.00. The van der Waals surface area contributed by atoms with Crippen LogP contribution in [0.1, 0.15) is 30.8 Å². The molecule has 0 aliphatic carbocycles. The van der Waals surface area contributed by atoms with E-state index in [1.54, 1.807) is 44.3 Å². The van der Waals surface area contributed by atoms with Gasteiger partial charge in [0.15, 0.2) is 0 Å². The molecule has 8 heteroatoms. The van der Waals surface area contributed by atoms with Gasteiger partial charge in [-0.05, 0) is 19.1 Å². The zero-order valence-corrected chi connectivity index (χ0v) is 15.4. The van der Waals surface area contributed by atoms with Crippen LogP contribution >= 0.6 is 0 Å². The number of aromatic amines is 1. The summed E-state index contributed by atoms with van der Waals surface area (Å²) in [7, 11) is 0. The molecule has 2 aromatic rings. The van der Waals surface area contributed by atoms with Crippen LogP contribution in [0.15, 0.2) is 43.6 Å². The second kappa shape index (κ2) is 8.79. The number of hydrogen-bond acceptors (Lipinski definition) is 5. The van der Waals surface area contributed by atoms with E-state index in [-0.39, 0.29) is 11.8 Å². The first-order chi connectivity index (χ1) is 12.9. The van der Waals surface area contributed by atoms with Crippen molar-refractivity contribution < 1.29 is 14.3 Å². The molecule has 0 saturated heterocycles. The molecule has 0 radical (unpaired) electrons. The Bertz CT molecular complexity index is 859. The number of rotatable bonds is 8. The van der Waals surface area contributed by atoms with Crippen molar-refractivity contribution in [2.24, 2.45) is 11.7 Å². The van der Waals surface area contributed by atoms with Crippen molar-refractivity contribution in [3.8, 4) is 11.3 Å². The first kappa shape index (κ1) is 19.9. The Morgan fingerprint density at radius 2 is 2.19 bits per heavy atom. The molecular formula is C19H23N5O3. The van der Waals surface area contributed by atoms with Crippen molar-refractivity contribution in [2.75, 3.05) is 5.32 Å². The molecule has 2 heterocycles. The van der Waals surface area contributed by atoms with Crippen LogP contribution in [-0.2, 0) is 9.53 Å². The second-order valence-corrected chi connectivity index (χ2v) is 5.99. The molecule has 2 amide bonds. The maximum absolute atomic E-state index is 12.2. The Labute approximate surface area is 157 Å². The highest BCUT2D eigenvalue weighted by Gasteiger charge is 2.20. The monoisotopic (exact) mass is 369 g/mol.